The van der Waals surface area contributed by atoms with Crippen LogP contribution in [0.15, 0.2) is 0 Å². The average molecular weight is 188 g/mol. The second-order valence-electron chi connectivity index (χ2n) is 3.65. The van der Waals surface area contributed by atoms with E-state index in [-0.39, 0.29) is 0 Å². The van der Waals surface area contributed by atoms with Crippen LogP contribution in [0.4, 0.5) is 0 Å². The van der Waals surface area contributed by atoms with E-state index in [0.717, 1.165) is 39.3 Å². The first kappa shape index (κ1) is 12.9. The number of nitrogens with two attached hydrogens (primary N) is 1. The first-order valence-corrected chi connectivity index (χ1v) is 5.17. The predicted octanol–water partition coefficient (Wildman–Crippen LogP) is 0.940. The standard InChI is InChI=1S/C10H24N2O/c1-4-13-7-5-6-12(3)9-10(2)8-11/h10H,4-9,11H2,1-3H3. The predicted molar refractivity (Wildman–Crippen MR) is 56.8 cm³/mol. The first-order valence-electron chi connectivity index (χ1n) is 5.17. The zero-order valence-electron chi connectivity index (χ0n) is 9.25. The molecule has 0 aromatic heterocycles. The van der Waals surface area contributed by atoms with Crippen LogP contribution >= 0.6 is 0 Å². The molecule has 80 valence electrons. The monoisotopic (exact) mass is 188 g/mol. The molecule has 0 saturated carbocycles. The van der Waals surface area contributed by atoms with Crippen molar-refractivity contribution in [2.75, 3.05) is 39.9 Å². The van der Waals surface area contributed by atoms with Crippen molar-refractivity contribution in [1.82, 2.24) is 4.90 Å². The van der Waals surface area contributed by atoms with Crippen molar-refractivity contribution in [3.05, 3.63) is 0 Å². The Balaban J connectivity index is 3.24. The van der Waals surface area contributed by atoms with Crippen molar-refractivity contribution in [3.63, 3.8) is 0 Å². The first-order chi connectivity index (χ1) is 6.20. The summed E-state index contributed by atoms with van der Waals surface area (Å²) in [6.07, 6.45) is 1.11. The second-order valence-corrected chi connectivity index (χ2v) is 3.65. The molecule has 0 aliphatic rings. The summed E-state index contributed by atoms with van der Waals surface area (Å²) in [4.78, 5) is 2.32. The van der Waals surface area contributed by atoms with Gasteiger partial charge in [-0.15, -0.1) is 0 Å². The van der Waals surface area contributed by atoms with Crippen LogP contribution in [0.3, 0.4) is 0 Å². The largest absolute Gasteiger partial charge is 0.382 e. The maximum absolute atomic E-state index is 5.55. The van der Waals surface area contributed by atoms with E-state index in [1.807, 2.05) is 6.92 Å². The van der Waals surface area contributed by atoms with Crippen molar-refractivity contribution in [3.8, 4) is 0 Å². The van der Waals surface area contributed by atoms with Gasteiger partial charge in [0.2, 0.25) is 0 Å². The van der Waals surface area contributed by atoms with Crippen LogP contribution in [-0.2, 0) is 4.74 Å². The number of ether oxygens (including phenoxy) is 1. The van der Waals surface area contributed by atoms with Gasteiger partial charge in [-0.3, -0.25) is 0 Å². The van der Waals surface area contributed by atoms with Gasteiger partial charge >= 0.3 is 0 Å². The van der Waals surface area contributed by atoms with E-state index in [1.54, 1.807) is 0 Å². The Morgan fingerprint density at radius 1 is 1.46 bits per heavy atom. The molecule has 0 aromatic rings. The molecule has 0 aliphatic heterocycles. The Kier molecular flexibility index (Phi) is 8.40. The minimum absolute atomic E-state index is 0.595. The van der Waals surface area contributed by atoms with Crippen LogP contribution in [0.25, 0.3) is 0 Å². The lowest BCUT2D eigenvalue weighted by Crippen LogP contribution is -2.29. The molecule has 3 nitrogen and oxygen atoms in total. The molecule has 1 unspecified atom stereocenters. The summed E-state index contributed by atoms with van der Waals surface area (Å²) in [6.45, 7) is 8.86. The molecule has 0 amide bonds. The molecule has 0 saturated heterocycles. The third kappa shape index (κ3) is 8.22. The molecule has 0 bridgehead atoms. The van der Waals surface area contributed by atoms with Gasteiger partial charge in [-0.25, -0.2) is 0 Å². The van der Waals surface area contributed by atoms with Crippen LogP contribution in [0.5, 0.6) is 0 Å². The fourth-order valence-electron chi connectivity index (χ4n) is 1.28. The Morgan fingerprint density at radius 3 is 2.69 bits per heavy atom. The summed E-state index contributed by atoms with van der Waals surface area (Å²) in [6, 6.07) is 0. The van der Waals surface area contributed by atoms with Gasteiger partial charge in [0.15, 0.2) is 0 Å². The molecule has 0 spiro atoms. The lowest BCUT2D eigenvalue weighted by molar-refractivity contribution is 0.134. The van der Waals surface area contributed by atoms with Crippen LogP contribution in [0, 0.1) is 5.92 Å². The van der Waals surface area contributed by atoms with Crippen molar-refractivity contribution in [2.24, 2.45) is 11.7 Å². The molecule has 0 aromatic carbocycles. The van der Waals surface area contributed by atoms with Crippen LogP contribution < -0.4 is 5.73 Å². The van der Waals surface area contributed by atoms with E-state index in [4.69, 9.17) is 10.5 Å². The Morgan fingerprint density at radius 2 is 2.15 bits per heavy atom. The smallest absolute Gasteiger partial charge is 0.0478 e. The number of nitrogens with zero attached hydrogens (tertiary/aromatic N) is 1. The molecule has 2 N–H and O–H groups in total. The SMILES string of the molecule is CCOCCCN(C)CC(C)CN. The van der Waals surface area contributed by atoms with Gasteiger partial charge in [0.25, 0.3) is 0 Å². The fourth-order valence-corrected chi connectivity index (χ4v) is 1.28. The maximum atomic E-state index is 5.55. The van der Waals surface area contributed by atoms with Crippen molar-refractivity contribution < 1.29 is 4.74 Å². The molecule has 13 heavy (non-hydrogen) atoms. The molecule has 3 heteroatoms. The Labute approximate surface area is 82.2 Å². The Bertz CT molecular complexity index is 109. The van der Waals surface area contributed by atoms with Gasteiger partial charge in [0, 0.05) is 26.3 Å². The van der Waals surface area contributed by atoms with E-state index in [1.165, 1.54) is 0 Å². The minimum Gasteiger partial charge on any atom is -0.382 e. The quantitative estimate of drug-likeness (QED) is 0.576. The zero-order chi connectivity index (χ0) is 10.1. The maximum Gasteiger partial charge on any atom is 0.0478 e. The summed E-state index contributed by atoms with van der Waals surface area (Å²) in [7, 11) is 2.14. The molecule has 0 heterocycles. The van der Waals surface area contributed by atoms with Crippen molar-refractivity contribution in [2.45, 2.75) is 20.3 Å². The van der Waals surface area contributed by atoms with Gasteiger partial charge in [-0.1, -0.05) is 6.92 Å². The van der Waals surface area contributed by atoms with E-state index < -0.39 is 0 Å². The lowest BCUT2D eigenvalue weighted by Gasteiger charge is -2.19. The highest BCUT2D eigenvalue weighted by atomic mass is 16.5. The molecular weight excluding hydrogens is 164 g/mol. The van der Waals surface area contributed by atoms with Gasteiger partial charge in [-0.05, 0) is 32.9 Å². The highest BCUT2D eigenvalue weighted by molar-refractivity contribution is 4.59. The van der Waals surface area contributed by atoms with E-state index in [2.05, 4.69) is 18.9 Å². The van der Waals surface area contributed by atoms with Gasteiger partial charge < -0.3 is 15.4 Å². The highest BCUT2D eigenvalue weighted by Crippen LogP contribution is 1.96. The van der Waals surface area contributed by atoms with Crippen molar-refractivity contribution >= 4 is 0 Å². The summed E-state index contributed by atoms with van der Waals surface area (Å²) in [5.41, 5.74) is 5.55. The second kappa shape index (κ2) is 8.48. The van der Waals surface area contributed by atoms with Crippen molar-refractivity contribution in [1.29, 1.82) is 0 Å². The summed E-state index contributed by atoms with van der Waals surface area (Å²) in [5, 5.41) is 0. The normalized spacial score (nSPS) is 13.6. The summed E-state index contributed by atoms with van der Waals surface area (Å²) >= 11 is 0. The summed E-state index contributed by atoms with van der Waals surface area (Å²) in [5.74, 6) is 0.595. The van der Waals surface area contributed by atoms with Crippen LogP contribution in [0.1, 0.15) is 20.3 Å². The topological polar surface area (TPSA) is 38.5 Å². The zero-order valence-corrected chi connectivity index (χ0v) is 9.25. The summed E-state index contributed by atoms with van der Waals surface area (Å²) < 4.78 is 5.26. The van der Waals surface area contributed by atoms with E-state index in [0.29, 0.717) is 5.92 Å². The van der Waals surface area contributed by atoms with Gasteiger partial charge in [-0.2, -0.15) is 0 Å². The van der Waals surface area contributed by atoms with Crippen LogP contribution in [-0.4, -0.2) is 44.8 Å². The molecule has 0 radical (unpaired) electrons. The number of hydrogen-bond acceptors (Lipinski definition) is 3. The molecule has 0 fully saturated rings. The lowest BCUT2D eigenvalue weighted by atomic mass is 10.2. The van der Waals surface area contributed by atoms with E-state index >= 15 is 0 Å². The average Bonchev–Trinajstić information content (AvgIpc) is 2.12. The van der Waals surface area contributed by atoms with E-state index in [9.17, 15) is 0 Å². The van der Waals surface area contributed by atoms with Gasteiger partial charge in [0.05, 0.1) is 0 Å². The fraction of sp³-hybridized carbons (Fsp3) is 1.00. The third-order valence-electron chi connectivity index (χ3n) is 2.06. The third-order valence-corrected chi connectivity index (χ3v) is 2.06. The number of rotatable bonds is 8. The molecule has 0 rings (SSSR count). The molecular formula is C10H24N2O. The highest BCUT2D eigenvalue weighted by Gasteiger charge is 2.03. The minimum atomic E-state index is 0.595. The number of hydrogen-bond donors (Lipinski definition) is 1. The molecule has 0 aliphatic carbocycles. The Hall–Kier alpha value is -0.120. The van der Waals surface area contributed by atoms with Crippen LogP contribution in [0.2, 0.25) is 0 Å². The molecule has 1 atom stereocenters. The van der Waals surface area contributed by atoms with Gasteiger partial charge in [0.1, 0.15) is 0 Å².